The van der Waals surface area contributed by atoms with Gasteiger partial charge in [0.2, 0.25) is 0 Å². The first-order valence-electron chi connectivity index (χ1n) is 4.66. The second-order valence-electron chi connectivity index (χ2n) is 4.48. The summed E-state index contributed by atoms with van der Waals surface area (Å²) in [5.41, 5.74) is -0.395. The van der Waals surface area contributed by atoms with Crippen LogP contribution in [0, 0.1) is 11.3 Å². The van der Waals surface area contributed by atoms with Crippen LogP contribution < -0.4 is 0 Å². The highest BCUT2D eigenvalue weighted by Crippen LogP contribution is 2.16. The van der Waals surface area contributed by atoms with Gasteiger partial charge in [0.15, 0.2) is 0 Å². The average Bonchev–Trinajstić information content (AvgIpc) is 1.99. The first-order chi connectivity index (χ1) is 5.88. The SMILES string of the molecule is C=CC[C@@H](C)COC(=O)C(C)(C)C. The molecule has 0 aliphatic rings. The second-order valence-corrected chi connectivity index (χ2v) is 4.48. The Bertz CT molecular complexity index is 177. The first kappa shape index (κ1) is 12.2. The van der Waals surface area contributed by atoms with Crippen molar-refractivity contribution in [3.63, 3.8) is 0 Å². The standard InChI is InChI=1S/C11H20O2/c1-6-7-9(2)8-13-10(12)11(3,4)5/h6,9H,1,7-8H2,2-5H3/t9-/m1/s1. The molecule has 0 bridgehead atoms. The number of carbonyl (C=O) groups excluding carboxylic acids is 1. The zero-order valence-electron chi connectivity index (χ0n) is 9.09. The molecule has 0 saturated carbocycles. The zero-order chi connectivity index (χ0) is 10.5. The lowest BCUT2D eigenvalue weighted by Gasteiger charge is -2.18. The van der Waals surface area contributed by atoms with E-state index in [0.29, 0.717) is 12.5 Å². The third-order valence-corrected chi connectivity index (χ3v) is 1.68. The van der Waals surface area contributed by atoms with E-state index in [-0.39, 0.29) is 5.97 Å². The Balaban J connectivity index is 3.76. The van der Waals surface area contributed by atoms with Crippen molar-refractivity contribution in [3.8, 4) is 0 Å². The number of ether oxygens (including phenoxy) is 1. The van der Waals surface area contributed by atoms with E-state index in [2.05, 4.69) is 6.58 Å². The molecule has 13 heavy (non-hydrogen) atoms. The quantitative estimate of drug-likeness (QED) is 0.496. The number of carbonyl (C=O) groups is 1. The highest BCUT2D eigenvalue weighted by Gasteiger charge is 2.23. The summed E-state index contributed by atoms with van der Waals surface area (Å²) in [6.45, 7) is 11.7. The zero-order valence-corrected chi connectivity index (χ0v) is 9.09. The molecule has 0 rings (SSSR count). The highest BCUT2D eigenvalue weighted by atomic mass is 16.5. The molecular formula is C11H20O2. The van der Waals surface area contributed by atoms with Gasteiger partial charge in [0.05, 0.1) is 12.0 Å². The van der Waals surface area contributed by atoms with Gasteiger partial charge in [0, 0.05) is 0 Å². The summed E-state index contributed by atoms with van der Waals surface area (Å²) >= 11 is 0. The smallest absolute Gasteiger partial charge is 0.311 e. The molecule has 0 fully saturated rings. The minimum Gasteiger partial charge on any atom is -0.465 e. The van der Waals surface area contributed by atoms with Gasteiger partial charge in [-0.3, -0.25) is 4.79 Å². The Morgan fingerprint density at radius 2 is 2.08 bits per heavy atom. The molecule has 0 aliphatic heterocycles. The van der Waals surface area contributed by atoms with Gasteiger partial charge in [0.1, 0.15) is 0 Å². The molecule has 0 radical (unpaired) electrons. The van der Waals surface area contributed by atoms with Gasteiger partial charge >= 0.3 is 5.97 Å². The largest absolute Gasteiger partial charge is 0.465 e. The third-order valence-electron chi connectivity index (χ3n) is 1.68. The van der Waals surface area contributed by atoms with E-state index in [1.165, 1.54) is 0 Å². The van der Waals surface area contributed by atoms with Crippen molar-refractivity contribution in [3.05, 3.63) is 12.7 Å². The second kappa shape index (κ2) is 5.05. The van der Waals surface area contributed by atoms with E-state index >= 15 is 0 Å². The van der Waals surface area contributed by atoms with Crippen LogP contribution in [-0.4, -0.2) is 12.6 Å². The number of allylic oxidation sites excluding steroid dienone is 1. The van der Waals surface area contributed by atoms with E-state index in [4.69, 9.17) is 4.74 Å². The summed E-state index contributed by atoms with van der Waals surface area (Å²) in [5.74, 6) is 0.229. The molecular weight excluding hydrogens is 164 g/mol. The Morgan fingerprint density at radius 3 is 2.46 bits per heavy atom. The van der Waals surface area contributed by atoms with Crippen LogP contribution in [0.1, 0.15) is 34.1 Å². The van der Waals surface area contributed by atoms with Crippen molar-refractivity contribution < 1.29 is 9.53 Å². The molecule has 76 valence electrons. The minimum absolute atomic E-state index is 0.136. The topological polar surface area (TPSA) is 26.3 Å². The summed E-state index contributed by atoms with van der Waals surface area (Å²) in [7, 11) is 0. The fraction of sp³-hybridized carbons (Fsp3) is 0.727. The van der Waals surface area contributed by atoms with Crippen molar-refractivity contribution >= 4 is 5.97 Å². The molecule has 2 nitrogen and oxygen atoms in total. The predicted octanol–water partition coefficient (Wildman–Crippen LogP) is 2.79. The molecule has 0 spiro atoms. The van der Waals surface area contributed by atoms with E-state index in [0.717, 1.165) is 6.42 Å². The Hall–Kier alpha value is -0.790. The predicted molar refractivity (Wildman–Crippen MR) is 54.4 cm³/mol. The summed E-state index contributed by atoms with van der Waals surface area (Å²) in [5, 5.41) is 0. The van der Waals surface area contributed by atoms with Gasteiger partial charge in [-0.15, -0.1) is 6.58 Å². The number of esters is 1. The highest BCUT2D eigenvalue weighted by molar-refractivity contribution is 5.75. The number of hydrogen-bond donors (Lipinski definition) is 0. The maximum absolute atomic E-state index is 11.3. The lowest BCUT2D eigenvalue weighted by Crippen LogP contribution is -2.24. The van der Waals surface area contributed by atoms with Gasteiger partial charge in [-0.1, -0.05) is 13.0 Å². The van der Waals surface area contributed by atoms with Gasteiger partial charge in [-0.25, -0.2) is 0 Å². The molecule has 0 aromatic heterocycles. The normalized spacial score (nSPS) is 13.5. The fourth-order valence-corrected chi connectivity index (χ4v) is 0.787. The van der Waals surface area contributed by atoms with E-state index in [1.807, 2.05) is 33.8 Å². The Kier molecular flexibility index (Phi) is 4.74. The van der Waals surface area contributed by atoms with Crippen LogP contribution in [0.15, 0.2) is 12.7 Å². The van der Waals surface area contributed by atoms with Crippen LogP contribution in [0.2, 0.25) is 0 Å². The van der Waals surface area contributed by atoms with Crippen LogP contribution in [0.4, 0.5) is 0 Å². The van der Waals surface area contributed by atoms with E-state index in [9.17, 15) is 4.79 Å². The van der Waals surface area contributed by atoms with Crippen LogP contribution in [0.25, 0.3) is 0 Å². The number of hydrogen-bond acceptors (Lipinski definition) is 2. The summed E-state index contributed by atoms with van der Waals surface area (Å²) < 4.78 is 5.13. The van der Waals surface area contributed by atoms with Crippen molar-refractivity contribution in [2.75, 3.05) is 6.61 Å². The molecule has 0 saturated heterocycles. The molecule has 0 heterocycles. The van der Waals surface area contributed by atoms with E-state index < -0.39 is 5.41 Å². The fourth-order valence-electron chi connectivity index (χ4n) is 0.787. The Labute approximate surface area is 81.0 Å². The minimum atomic E-state index is -0.395. The van der Waals surface area contributed by atoms with Crippen molar-refractivity contribution in [1.29, 1.82) is 0 Å². The maximum Gasteiger partial charge on any atom is 0.311 e. The molecule has 0 aromatic rings. The van der Waals surface area contributed by atoms with Gasteiger partial charge in [0.25, 0.3) is 0 Å². The van der Waals surface area contributed by atoms with Crippen LogP contribution in [0.5, 0.6) is 0 Å². The van der Waals surface area contributed by atoms with Crippen molar-refractivity contribution in [1.82, 2.24) is 0 Å². The van der Waals surface area contributed by atoms with Crippen LogP contribution >= 0.6 is 0 Å². The molecule has 0 amide bonds. The summed E-state index contributed by atoms with van der Waals surface area (Å²) in [4.78, 5) is 11.3. The molecule has 0 aromatic carbocycles. The van der Waals surface area contributed by atoms with Crippen LogP contribution in [-0.2, 0) is 9.53 Å². The maximum atomic E-state index is 11.3. The summed E-state index contributed by atoms with van der Waals surface area (Å²) in [6, 6.07) is 0. The Morgan fingerprint density at radius 1 is 1.54 bits per heavy atom. The molecule has 2 heteroatoms. The van der Waals surface area contributed by atoms with Gasteiger partial charge in [-0.2, -0.15) is 0 Å². The summed E-state index contributed by atoms with van der Waals surface area (Å²) in [6.07, 6.45) is 2.73. The lowest BCUT2D eigenvalue weighted by atomic mass is 9.97. The molecule has 1 atom stereocenters. The van der Waals surface area contributed by atoms with Gasteiger partial charge < -0.3 is 4.74 Å². The molecule has 0 N–H and O–H groups in total. The molecule has 0 aliphatic carbocycles. The third kappa shape index (κ3) is 5.45. The van der Waals surface area contributed by atoms with Gasteiger partial charge in [-0.05, 0) is 33.1 Å². The molecule has 0 unspecified atom stereocenters. The average molecular weight is 184 g/mol. The first-order valence-corrected chi connectivity index (χ1v) is 4.66. The monoisotopic (exact) mass is 184 g/mol. The van der Waals surface area contributed by atoms with E-state index in [1.54, 1.807) is 0 Å². The lowest BCUT2D eigenvalue weighted by molar-refractivity contribution is -0.154. The van der Waals surface area contributed by atoms with Crippen molar-refractivity contribution in [2.45, 2.75) is 34.1 Å². The number of rotatable bonds is 4. The van der Waals surface area contributed by atoms with Crippen LogP contribution in [0.3, 0.4) is 0 Å². The van der Waals surface area contributed by atoms with Crippen molar-refractivity contribution in [2.24, 2.45) is 11.3 Å².